The molecule has 0 unspecified atom stereocenters. The van der Waals surface area contributed by atoms with Gasteiger partial charge in [0.1, 0.15) is 0 Å². The van der Waals surface area contributed by atoms with Gasteiger partial charge in [0.05, 0.1) is 27.0 Å². The highest BCUT2D eigenvalue weighted by molar-refractivity contribution is 6.46. The number of rotatable bonds is 2. The van der Waals surface area contributed by atoms with Crippen molar-refractivity contribution >= 4 is 46.4 Å². The largest absolute Gasteiger partial charge is 0.418 e. The summed E-state index contributed by atoms with van der Waals surface area (Å²) in [6.07, 6.45) is -4.67. The SMILES string of the molecule is O=C(Nc1ccccc1C(F)(F)F)C(=O)Nc1c(Cl)cccc1Cl. The van der Waals surface area contributed by atoms with Crippen LogP contribution in [-0.4, -0.2) is 11.8 Å². The van der Waals surface area contributed by atoms with Crippen LogP contribution in [0.3, 0.4) is 0 Å². The molecule has 0 saturated heterocycles. The number of hydrogen-bond acceptors (Lipinski definition) is 2. The van der Waals surface area contributed by atoms with Gasteiger partial charge in [-0.25, -0.2) is 0 Å². The minimum absolute atomic E-state index is 0.00918. The first-order valence-corrected chi connectivity index (χ1v) is 7.18. The minimum atomic E-state index is -4.67. The highest BCUT2D eigenvalue weighted by atomic mass is 35.5. The molecular weight excluding hydrogens is 368 g/mol. The normalized spacial score (nSPS) is 11.0. The number of nitrogens with one attached hydrogen (secondary N) is 2. The third-order valence-corrected chi connectivity index (χ3v) is 3.52. The lowest BCUT2D eigenvalue weighted by Gasteiger charge is -2.13. The summed E-state index contributed by atoms with van der Waals surface area (Å²) in [5, 5.41) is 4.24. The quantitative estimate of drug-likeness (QED) is 0.753. The summed E-state index contributed by atoms with van der Waals surface area (Å²) in [6.45, 7) is 0. The molecule has 2 rings (SSSR count). The lowest BCUT2D eigenvalue weighted by Crippen LogP contribution is -2.30. The van der Waals surface area contributed by atoms with E-state index in [0.717, 1.165) is 12.1 Å². The van der Waals surface area contributed by atoms with Crippen LogP contribution in [0.4, 0.5) is 24.5 Å². The van der Waals surface area contributed by atoms with E-state index < -0.39 is 29.2 Å². The number of anilines is 2. The molecule has 0 fully saturated rings. The van der Waals surface area contributed by atoms with Crippen molar-refractivity contribution in [3.63, 3.8) is 0 Å². The Morgan fingerprint density at radius 3 is 1.96 bits per heavy atom. The Bertz CT molecular complexity index is 774. The van der Waals surface area contributed by atoms with Gasteiger partial charge >= 0.3 is 18.0 Å². The van der Waals surface area contributed by atoms with Crippen LogP contribution in [0.1, 0.15) is 5.56 Å². The van der Waals surface area contributed by atoms with Crippen molar-refractivity contribution in [1.82, 2.24) is 0 Å². The van der Waals surface area contributed by atoms with Crippen molar-refractivity contribution in [2.75, 3.05) is 10.6 Å². The molecule has 0 aliphatic rings. The minimum Gasteiger partial charge on any atom is -0.317 e. The van der Waals surface area contributed by atoms with Gasteiger partial charge in [-0.3, -0.25) is 9.59 Å². The van der Waals surface area contributed by atoms with Gasteiger partial charge in [0.2, 0.25) is 0 Å². The average molecular weight is 377 g/mol. The summed E-state index contributed by atoms with van der Waals surface area (Å²) < 4.78 is 38.6. The first-order valence-electron chi connectivity index (χ1n) is 6.42. The fourth-order valence-corrected chi connectivity index (χ4v) is 2.30. The maximum atomic E-state index is 12.9. The molecular formula is C15H9Cl2F3N2O2. The molecule has 2 aromatic rings. The van der Waals surface area contributed by atoms with Crippen LogP contribution in [0.5, 0.6) is 0 Å². The molecule has 0 spiro atoms. The fourth-order valence-electron chi connectivity index (χ4n) is 1.81. The summed E-state index contributed by atoms with van der Waals surface area (Å²) in [5.74, 6) is -2.50. The molecule has 0 bridgehead atoms. The number of halogens is 5. The summed E-state index contributed by atoms with van der Waals surface area (Å²) in [6, 6.07) is 8.68. The van der Waals surface area contributed by atoms with Crippen LogP contribution >= 0.6 is 23.2 Å². The number of amides is 2. The van der Waals surface area contributed by atoms with E-state index in [2.05, 4.69) is 5.32 Å². The molecule has 126 valence electrons. The average Bonchev–Trinajstić information content (AvgIpc) is 2.50. The third kappa shape index (κ3) is 4.18. The molecule has 2 aromatic carbocycles. The van der Waals surface area contributed by atoms with E-state index in [-0.39, 0.29) is 15.7 Å². The number of alkyl halides is 3. The van der Waals surface area contributed by atoms with Gasteiger partial charge in [0, 0.05) is 0 Å². The monoisotopic (exact) mass is 376 g/mol. The van der Waals surface area contributed by atoms with Crippen molar-refractivity contribution in [2.45, 2.75) is 6.18 Å². The fraction of sp³-hybridized carbons (Fsp3) is 0.0667. The number of carbonyl (C=O) groups is 2. The molecule has 2 amide bonds. The second-order valence-corrected chi connectivity index (χ2v) is 5.36. The van der Waals surface area contributed by atoms with E-state index in [1.54, 1.807) is 0 Å². The van der Waals surface area contributed by atoms with E-state index in [1.807, 2.05) is 5.32 Å². The van der Waals surface area contributed by atoms with Crippen LogP contribution in [0.25, 0.3) is 0 Å². The topological polar surface area (TPSA) is 58.2 Å². The Morgan fingerprint density at radius 2 is 1.38 bits per heavy atom. The van der Waals surface area contributed by atoms with Crippen LogP contribution < -0.4 is 10.6 Å². The van der Waals surface area contributed by atoms with E-state index in [4.69, 9.17) is 23.2 Å². The molecule has 0 radical (unpaired) electrons. The lowest BCUT2D eigenvalue weighted by molar-refractivity contribution is -0.137. The predicted octanol–water partition coefficient (Wildman–Crippen LogP) is 4.59. The van der Waals surface area contributed by atoms with Gasteiger partial charge in [-0.1, -0.05) is 41.4 Å². The van der Waals surface area contributed by atoms with Gasteiger partial charge in [-0.05, 0) is 24.3 Å². The number of hydrogen-bond donors (Lipinski definition) is 2. The van der Waals surface area contributed by atoms with E-state index in [1.165, 1.54) is 30.3 Å². The molecule has 24 heavy (non-hydrogen) atoms. The molecule has 0 aromatic heterocycles. The molecule has 0 aliphatic heterocycles. The van der Waals surface area contributed by atoms with Crippen LogP contribution in [0.15, 0.2) is 42.5 Å². The number of benzene rings is 2. The number of carbonyl (C=O) groups excluding carboxylic acids is 2. The summed E-state index contributed by atoms with van der Waals surface area (Å²) in [7, 11) is 0. The summed E-state index contributed by atoms with van der Waals surface area (Å²) in [4.78, 5) is 23.7. The molecule has 2 N–H and O–H groups in total. The standard InChI is InChI=1S/C15H9Cl2F3N2O2/c16-9-5-3-6-10(17)12(9)22-14(24)13(23)21-11-7-2-1-4-8(11)15(18,19)20/h1-7H,(H,21,23)(H,22,24). The third-order valence-electron chi connectivity index (χ3n) is 2.89. The summed E-state index contributed by atoms with van der Waals surface area (Å²) in [5.41, 5.74) is -1.61. The van der Waals surface area contributed by atoms with E-state index >= 15 is 0 Å². The second-order valence-electron chi connectivity index (χ2n) is 4.55. The zero-order chi connectivity index (χ0) is 17.9. The molecule has 0 atom stereocenters. The van der Waals surface area contributed by atoms with Crippen LogP contribution in [0, 0.1) is 0 Å². The Morgan fingerprint density at radius 1 is 0.833 bits per heavy atom. The maximum Gasteiger partial charge on any atom is 0.418 e. The van der Waals surface area contributed by atoms with Gasteiger partial charge < -0.3 is 10.6 Å². The van der Waals surface area contributed by atoms with Crippen molar-refractivity contribution in [3.05, 3.63) is 58.1 Å². The Kier molecular flexibility index (Phi) is 5.36. The molecule has 4 nitrogen and oxygen atoms in total. The molecule has 9 heteroatoms. The van der Waals surface area contributed by atoms with E-state index in [9.17, 15) is 22.8 Å². The second kappa shape index (κ2) is 7.11. The van der Waals surface area contributed by atoms with Crippen molar-refractivity contribution in [1.29, 1.82) is 0 Å². The highest BCUT2D eigenvalue weighted by Crippen LogP contribution is 2.34. The molecule has 0 aliphatic carbocycles. The zero-order valence-electron chi connectivity index (χ0n) is 11.7. The van der Waals surface area contributed by atoms with Crippen molar-refractivity contribution in [2.24, 2.45) is 0 Å². The Hall–Kier alpha value is -2.25. The molecule has 0 saturated carbocycles. The first-order chi connectivity index (χ1) is 11.2. The van der Waals surface area contributed by atoms with Crippen molar-refractivity contribution < 1.29 is 22.8 Å². The van der Waals surface area contributed by atoms with E-state index in [0.29, 0.717) is 0 Å². The lowest BCUT2D eigenvalue weighted by atomic mass is 10.1. The van der Waals surface area contributed by atoms with Gasteiger partial charge in [0.15, 0.2) is 0 Å². The van der Waals surface area contributed by atoms with Crippen LogP contribution in [-0.2, 0) is 15.8 Å². The van der Waals surface area contributed by atoms with Crippen molar-refractivity contribution in [3.8, 4) is 0 Å². The number of para-hydroxylation sites is 2. The van der Waals surface area contributed by atoms with Gasteiger partial charge in [0.25, 0.3) is 0 Å². The van der Waals surface area contributed by atoms with Gasteiger partial charge in [-0.15, -0.1) is 0 Å². The van der Waals surface area contributed by atoms with Gasteiger partial charge in [-0.2, -0.15) is 13.2 Å². The maximum absolute atomic E-state index is 12.9. The Balaban J connectivity index is 2.18. The summed E-state index contributed by atoms with van der Waals surface area (Å²) >= 11 is 11.7. The molecule has 0 heterocycles. The smallest absolute Gasteiger partial charge is 0.317 e. The van der Waals surface area contributed by atoms with Crippen LogP contribution in [0.2, 0.25) is 10.0 Å². The zero-order valence-corrected chi connectivity index (χ0v) is 13.3. The Labute approximate surface area is 144 Å². The predicted molar refractivity (Wildman–Crippen MR) is 85.2 cm³/mol. The highest BCUT2D eigenvalue weighted by Gasteiger charge is 2.34. The first kappa shape index (κ1) is 18.1.